The average Bonchev–Trinajstić information content (AvgIpc) is 2.53. The summed E-state index contributed by atoms with van der Waals surface area (Å²) in [7, 11) is 0. The summed E-state index contributed by atoms with van der Waals surface area (Å²) < 4.78 is 0. The van der Waals surface area contributed by atoms with Crippen molar-refractivity contribution in [2.45, 2.75) is 32.6 Å². The zero-order chi connectivity index (χ0) is 14.4. The van der Waals surface area contributed by atoms with Crippen LogP contribution in [-0.4, -0.2) is 5.11 Å². The van der Waals surface area contributed by atoms with Gasteiger partial charge in [0.2, 0.25) is 0 Å². The number of phenols is 1. The van der Waals surface area contributed by atoms with Crippen molar-refractivity contribution in [2.24, 2.45) is 5.92 Å². The fraction of sp³-hybridized carbons (Fsp3) is 0.300. The molecule has 0 amide bonds. The van der Waals surface area contributed by atoms with Crippen LogP contribution in [0.25, 0.3) is 16.3 Å². The van der Waals surface area contributed by atoms with Crippen LogP contribution >= 0.6 is 0 Å². The Bertz CT molecular complexity index is 780. The van der Waals surface area contributed by atoms with Crippen LogP contribution < -0.4 is 0 Å². The number of hydrogen-bond acceptors (Lipinski definition) is 1. The zero-order valence-corrected chi connectivity index (χ0v) is 12.4. The highest BCUT2D eigenvalue weighted by molar-refractivity contribution is 5.97. The maximum atomic E-state index is 10.3. The predicted molar refractivity (Wildman–Crippen MR) is 88.4 cm³/mol. The van der Waals surface area contributed by atoms with Crippen LogP contribution in [0.15, 0.2) is 48.1 Å². The summed E-state index contributed by atoms with van der Waals surface area (Å²) in [6.07, 6.45) is 9.20. The summed E-state index contributed by atoms with van der Waals surface area (Å²) in [4.78, 5) is 0. The van der Waals surface area contributed by atoms with E-state index in [9.17, 15) is 5.11 Å². The number of rotatable bonds is 1. The molecule has 1 unspecified atom stereocenters. The molecule has 0 radical (unpaired) electrons. The second-order valence-electron chi connectivity index (χ2n) is 6.15. The quantitative estimate of drug-likeness (QED) is 0.756. The van der Waals surface area contributed by atoms with Gasteiger partial charge in [-0.1, -0.05) is 48.9 Å². The summed E-state index contributed by atoms with van der Waals surface area (Å²) in [5, 5.41) is 12.5. The van der Waals surface area contributed by atoms with Crippen molar-refractivity contribution < 1.29 is 5.11 Å². The van der Waals surface area contributed by atoms with E-state index in [1.165, 1.54) is 29.5 Å². The summed E-state index contributed by atoms with van der Waals surface area (Å²) in [6.45, 7) is 2.29. The highest BCUT2D eigenvalue weighted by atomic mass is 16.3. The molecule has 2 aliphatic rings. The third-order valence-electron chi connectivity index (χ3n) is 5.10. The monoisotopic (exact) mass is 276 g/mol. The van der Waals surface area contributed by atoms with Crippen LogP contribution in [0, 0.1) is 5.92 Å². The normalized spacial score (nSPS) is 20.5. The van der Waals surface area contributed by atoms with Gasteiger partial charge in [0.25, 0.3) is 0 Å². The Morgan fingerprint density at radius 2 is 2.05 bits per heavy atom. The highest BCUT2D eigenvalue weighted by Crippen LogP contribution is 2.44. The molecule has 2 aromatic carbocycles. The molecular weight excluding hydrogens is 256 g/mol. The molecule has 0 bridgehead atoms. The van der Waals surface area contributed by atoms with Crippen molar-refractivity contribution >= 4 is 16.3 Å². The van der Waals surface area contributed by atoms with E-state index in [0.717, 1.165) is 23.6 Å². The number of fused-ring (bicyclic) bond motifs is 4. The minimum atomic E-state index is 0.417. The predicted octanol–water partition coefficient (Wildman–Crippen LogP) is 5.23. The fourth-order valence-electron chi connectivity index (χ4n) is 4.04. The van der Waals surface area contributed by atoms with Crippen LogP contribution in [-0.2, 0) is 6.42 Å². The van der Waals surface area contributed by atoms with Crippen molar-refractivity contribution in [1.82, 2.24) is 0 Å². The lowest BCUT2D eigenvalue weighted by molar-refractivity contribution is 0.481. The van der Waals surface area contributed by atoms with Gasteiger partial charge in [-0.2, -0.15) is 0 Å². The largest absolute Gasteiger partial charge is 0.507 e. The van der Waals surface area contributed by atoms with Crippen molar-refractivity contribution in [3.8, 4) is 5.75 Å². The first-order valence-electron chi connectivity index (χ1n) is 7.93. The first-order valence-corrected chi connectivity index (χ1v) is 7.93. The van der Waals surface area contributed by atoms with Gasteiger partial charge in [0.1, 0.15) is 5.75 Å². The molecule has 1 nitrogen and oxygen atoms in total. The van der Waals surface area contributed by atoms with Crippen molar-refractivity contribution in [2.75, 3.05) is 0 Å². The minimum Gasteiger partial charge on any atom is -0.507 e. The van der Waals surface area contributed by atoms with Gasteiger partial charge < -0.3 is 5.11 Å². The molecule has 0 aliphatic heterocycles. The van der Waals surface area contributed by atoms with Gasteiger partial charge in [0.15, 0.2) is 0 Å². The highest BCUT2D eigenvalue weighted by Gasteiger charge is 2.26. The number of benzene rings is 2. The SMILES string of the molecule is CCC1CC=CC2=C1CCc1c2ccc2cccc(O)c12. The molecule has 1 atom stereocenters. The number of aryl methyl sites for hydroxylation is 1. The number of aromatic hydroxyl groups is 1. The van der Waals surface area contributed by atoms with Gasteiger partial charge in [-0.05, 0) is 59.8 Å². The molecule has 0 saturated heterocycles. The van der Waals surface area contributed by atoms with Gasteiger partial charge >= 0.3 is 0 Å². The van der Waals surface area contributed by atoms with Gasteiger partial charge in [-0.25, -0.2) is 0 Å². The van der Waals surface area contributed by atoms with Crippen LogP contribution in [0.2, 0.25) is 0 Å². The molecule has 0 aromatic heterocycles. The van der Waals surface area contributed by atoms with Crippen molar-refractivity contribution in [3.05, 3.63) is 59.2 Å². The van der Waals surface area contributed by atoms with Gasteiger partial charge in [0, 0.05) is 5.39 Å². The van der Waals surface area contributed by atoms with E-state index in [1.54, 1.807) is 11.6 Å². The zero-order valence-electron chi connectivity index (χ0n) is 12.4. The Kier molecular flexibility index (Phi) is 2.88. The third kappa shape index (κ3) is 1.84. The average molecular weight is 276 g/mol. The molecule has 0 spiro atoms. The van der Waals surface area contributed by atoms with E-state index >= 15 is 0 Å². The van der Waals surface area contributed by atoms with Crippen molar-refractivity contribution in [3.63, 3.8) is 0 Å². The van der Waals surface area contributed by atoms with Crippen LogP contribution in [0.5, 0.6) is 5.75 Å². The second kappa shape index (κ2) is 4.77. The lowest BCUT2D eigenvalue weighted by Crippen LogP contribution is -2.14. The Morgan fingerprint density at radius 1 is 1.14 bits per heavy atom. The molecule has 21 heavy (non-hydrogen) atoms. The molecule has 2 aliphatic carbocycles. The van der Waals surface area contributed by atoms with Crippen molar-refractivity contribution in [1.29, 1.82) is 0 Å². The maximum absolute atomic E-state index is 10.3. The molecule has 2 aromatic rings. The van der Waals surface area contributed by atoms with E-state index in [1.807, 2.05) is 6.07 Å². The lowest BCUT2D eigenvalue weighted by atomic mass is 9.74. The van der Waals surface area contributed by atoms with Crippen LogP contribution in [0.4, 0.5) is 0 Å². The third-order valence-corrected chi connectivity index (χ3v) is 5.10. The minimum absolute atomic E-state index is 0.417. The molecule has 1 heteroatoms. The van der Waals surface area contributed by atoms with E-state index in [0.29, 0.717) is 11.7 Å². The van der Waals surface area contributed by atoms with E-state index in [2.05, 4.69) is 37.3 Å². The molecule has 0 fully saturated rings. The van der Waals surface area contributed by atoms with Gasteiger partial charge in [-0.15, -0.1) is 0 Å². The standard InChI is InChI=1S/C20H20O/c1-2-13-5-3-7-16-15(13)11-12-18-17(16)10-9-14-6-4-8-19(21)20(14)18/h3-4,6-10,13,21H,2,5,11-12H2,1H3. The summed E-state index contributed by atoms with van der Waals surface area (Å²) in [6, 6.07) is 10.2. The van der Waals surface area contributed by atoms with E-state index in [-0.39, 0.29) is 0 Å². The number of phenolic OH excluding ortho intramolecular Hbond substituents is 1. The second-order valence-corrected chi connectivity index (χ2v) is 6.15. The Labute approximate surface area is 125 Å². The van der Waals surface area contributed by atoms with Crippen LogP contribution in [0.1, 0.15) is 37.3 Å². The maximum Gasteiger partial charge on any atom is 0.123 e. The van der Waals surface area contributed by atoms with E-state index in [4.69, 9.17) is 0 Å². The van der Waals surface area contributed by atoms with Gasteiger partial charge in [-0.3, -0.25) is 0 Å². The molecule has 0 heterocycles. The van der Waals surface area contributed by atoms with E-state index < -0.39 is 0 Å². The summed E-state index contributed by atoms with van der Waals surface area (Å²) in [5.74, 6) is 1.12. The first-order chi connectivity index (χ1) is 10.3. The lowest BCUT2D eigenvalue weighted by Gasteiger charge is -2.30. The molecule has 0 saturated carbocycles. The summed E-state index contributed by atoms with van der Waals surface area (Å²) in [5.41, 5.74) is 5.70. The van der Waals surface area contributed by atoms with Gasteiger partial charge in [0.05, 0.1) is 0 Å². The molecule has 106 valence electrons. The first kappa shape index (κ1) is 12.7. The number of hydrogen-bond donors (Lipinski definition) is 1. The summed E-state index contributed by atoms with van der Waals surface area (Å²) >= 11 is 0. The Hall–Kier alpha value is -2.02. The Balaban J connectivity index is 1.99. The molecule has 1 N–H and O–H groups in total. The topological polar surface area (TPSA) is 20.2 Å². The number of allylic oxidation sites excluding steroid dienone is 4. The fourth-order valence-corrected chi connectivity index (χ4v) is 4.04. The molecular formula is C20H20O. The Morgan fingerprint density at radius 3 is 2.90 bits per heavy atom. The smallest absolute Gasteiger partial charge is 0.123 e. The molecule has 4 rings (SSSR count). The van der Waals surface area contributed by atoms with Crippen LogP contribution in [0.3, 0.4) is 0 Å².